The number of nitrogens with one attached hydrogen (secondary N) is 1. The Balaban J connectivity index is 1.51. The normalized spacial score (nSPS) is 20.2. The number of hydrogen-bond donors (Lipinski definition) is 2. The molecule has 2 aromatic rings. The molecule has 0 bridgehead atoms. The van der Waals surface area contributed by atoms with Crippen LogP contribution < -0.4 is 10.2 Å². The van der Waals surface area contributed by atoms with Crippen LogP contribution in [0.2, 0.25) is 0 Å². The Bertz CT molecular complexity index is 1120. The third kappa shape index (κ3) is 6.13. The summed E-state index contributed by atoms with van der Waals surface area (Å²) in [5.41, 5.74) is 0.971. The van der Waals surface area contributed by atoms with Gasteiger partial charge in [0, 0.05) is 37.8 Å². The highest BCUT2D eigenvalue weighted by atomic mass is 16.6. The van der Waals surface area contributed by atoms with Gasteiger partial charge in [-0.15, -0.1) is 0 Å². The van der Waals surface area contributed by atoms with Crippen molar-refractivity contribution in [1.82, 2.24) is 9.88 Å². The number of carbonyl (C=O) groups excluding carboxylic acids is 2. The van der Waals surface area contributed by atoms with E-state index in [1.54, 1.807) is 49.9 Å². The lowest BCUT2D eigenvalue weighted by Crippen LogP contribution is -2.46. The average Bonchev–Trinajstić information content (AvgIpc) is 3.38. The van der Waals surface area contributed by atoms with E-state index in [9.17, 15) is 19.5 Å². The van der Waals surface area contributed by atoms with Crippen LogP contribution in [0.15, 0.2) is 42.5 Å². The summed E-state index contributed by atoms with van der Waals surface area (Å²) in [6, 6.07) is 12.6. The summed E-state index contributed by atoms with van der Waals surface area (Å²) in [5, 5.41) is 12.7. The molecule has 1 aromatic heterocycles. The highest BCUT2D eigenvalue weighted by Gasteiger charge is 2.38. The number of rotatable bonds is 5. The molecule has 3 heterocycles. The third-order valence-corrected chi connectivity index (χ3v) is 6.55. The number of anilines is 2. The third-order valence-electron chi connectivity index (χ3n) is 6.55. The molecule has 2 aliphatic rings. The molecule has 2 saturated heterocycles. The lowest BCUT2D eigenvalue weighted by molar-refractivity contribution is -0.144. The van der Waals surface area contributed by atoms with Crippen molar-refractivity contribution in [1.29, 1.82) is 0 Å². The molecular formula is C27H34N4O5. The molecule has 36 heavy (non-hydrogen) atoms. The number of carboxylic acid groups (broad SMARTS) is 1. The minimum Gasteiger partial charge on any atom is -0.481 e. The highest BCUT2D eigenvalue weighted by Crippen LogP contribution is 2.34. The van der Waals surface area contributed by atoms with E-state index in [-0.39, 0.29) is 12.5 Å². The van der Waals surface area contributed by atoms with E-state index in [2.05, 4.69) is 15.2 Å². The molecule has 2 amide bonds. The molecule has 9 nitrogen and oxygen atoms in total. The number of benzene rings is 1. The predicted octanol–water partition coefficient (Wildman–Crippen LogP) is 4.36. The maximum absolute atomic E-state index is 13.0. The molecule has 4 rings (SSSR count). The monoisotopic (exact) mass is 494 g/mol. The first kappa shape index (κ1) is 25.5. The van der Waals surface area contributed by atoms with Crippen molar-refractivity contribution in [2.24, 2.45) is 5.92 Å². The maximum atomic E-state index is 13.0. The Morgan fingerprint density at radius 3 is 2.47 bits per heavy atom. The molecule has 192 valence electrons. The summed E-state index contributed by atoms with van der Waals surface area (Å²) >= 11 is 0. The van der Waals surface area contributed by atoms with Crippen molar-refractivity contribution in [2.75, 3.05) is 36.4 Å². The highest BCUT2D eigenvalue weighted by molar-refractivity contribution is 6.03. The number of nitrogens with zero attached hydrogens (tertiary/aromatic N) is 3. The van der Waals surface area contributed by atoms with E-state index in [0.717, 1.165) is 37.3 Å². The van der Waals surface area contributed by atoms with Crippen molar-refractivity contribution in [2.45, 2.75) is 51.6 Å². The van der Waals surface area contributed by atoms with Gasteiger partial charge >= 0.3 is 12.1 Å². The van der Waals surface area contributed by atoms with E-state index < -0.39 is 29.5 Å². The number of carboxylic acids is 1. The van der Waals surface area contributed by atoms with E-state index >= 15 is 0 Å². The van der Waals surface area contributed by atoms with Crippen LogP contribution in [0.1, 0.15) is 62.0 Å². The van der Waals surface area contributed by atoms with E-state index in [1.807, 2.05) is 18.2 Å². The van der Waals surface area contributed by atoms with E-state index in [4.69, 9.17) is 4.74 Å². The van der Waals surface area contributed by atoms with Crippen LogP contribution in [0.25, 0.3) is 0 Å². The van der Waals surface area contributed by atoms with Crippen LogP contribution in [0, 0.1) is 5.92 Å². The molecule has 2 aliphatic heterocycles. The van der Waals surface area contributed by atoms with Gasteiger partial charge in [-0.1, -0.05) is 18.2 Å². The summed E-state index contributed by atoms with van der Waals surface area (Å²) in [7, 11) is 0. The number of amides is 2. The van der Waals surface area contributed by atoms with Crippen molar-refractivity contribution in [3.8, 4) is 0 Å². The molecule has 9 heteroatoms. The molecule has 2 atom stereocenters. The van der Waals surface area contributed by atoms with Gasteiger partial charge in [0.15, 0.2) is 0 Å². The average molecular weight is 495 g/mol. The standard InChI is InChI=1S/C27H34N4O5/c1-27(2,3)36-26(35)31-15-12-20(25(33)34)21(17-31)18-8-6-9-19(16-18)28-24(32)22-10-7-11-23(29-22)30-13-4-5-14-30/h6-11,16,20-21H,4-5,12-15,17H2,1-3H3,(H,28,32)(H,33,34). The lowest BCUT2D eigenvalue weighted by atomic mass is 9.80. The topological polar surface area (TPSA) is 112 Å². The Morgan fingerprint density at radius 2 is 1.78 bits per heavy atom. The fraction of sp³-hybridized carbons (Fsp3) is 0.481. The number of aromatic nitrogens is 1. The van der Waals surface area contributed by atoms with Crippen LogP contribution in [0.5, 0.6) is 0 Å². The second kappa shape index (κ2) is 10.6. The smallest absolute Gasteiger partial charge is 0.410 e. The zero-order valence-corrected chi connectivity index (χ0v) is 21.1. The quantitative estimate of drug-likeness (QED) is 0.635. The Kier molecular flexibility index (Phi) is 7.47. The molecular weight excluding hydrogens is 460 g/mol. The van der Waals surface area contributed by atoms with E-state index in [0.29, 0.717) is 24.3 Å². The number of carbonyl (C=O) groups is 3. The van der Waals surface area contributed by atoms with Gasteiger partial charge in [0.2, 0.25) is 0 Å². The number of pyridine rings is 1. The summed E-state index contributed by atoms with van der Waals surface area (Å²) in [4.78, 5) is 45.9. The van der Waals surface area contributed by atoms with Gasteiger partial charge in [-0.05, 0) is 69.9 Å². The van der Waals surface area contributed by atoms with Gasteiger partial charge < -0.3 is 25.0 Å². The summed E-state index contributed by atoms with van der Waals surface area (Å²) in [6.45, 7) is 7.82. The molecule has 0 saturated carbocycles. The first-order chi connectivity index (χ1) is 17.1. The zero-order valence-electron chi connectivity index (χ0n) is 21.1. The number of piperidine rings is 1. The van der Waals surface area contributed by atoms with Crippen molar-refractivity contribution in [3.05, 3.63) is 53.7 Å². The Labute approximate surface area is 211 Å². The predicted molar refractivity (Wildman–Crippen MR) is 136 cm³/mol. The Morgan fingerprint density at radius 1 is 1.06 bits per heavy atom. The number of hydrogen-bond acceptors (Lipinski definition) is 6. The maximum Gasteiger partial charge on any atom is 0.410 e. The van der Waals surface area contributed by atoms with Crippen LogP contribution in [0.3, 0.4) is 0 Å². The summed E-state index contributed by atoms with van der Waals surface area (Å²) in [6.07, 6.45) is 2.11. The molecule has 1 aromatic carbocycles. The second-order valence-electron chi connectivity index (χ2n) is 10.4. The van der Waals surface area contributed by atoms with Crippen LogP contribution >= 0.6 is 0 Å². The van der Waals surface area contributed by atoms with Gasteiger partial charge in [-0.3, -0.25) is 9.59 Å². The molecule has 0 spiro atoms. The van der Waals surface area contributed by atoms with Crippen molar-refractivity contribution >= 4 is 29.5 Å². The largest absolute Gasteiger partial charge is 0.481 e. The van der Waals surface area contributed by atoms with Gasteiger partial charge in [0.25, 0.3) is 5.91 Å². The zero-order chi connectivity index (χ0) is 25.9. The fourth-order valence-corrected chi connectivity index (χ4v) is 4.79. The minimum absolute atomic E-state index is 0.225. The molecule has 0 aliphatic carbocycles. The number of likely N-dealkylation sites (tertiary alicyclic amines) is 1. The van der Waals surface area contributed by atoms with Gasteiger partial charge in [-0.2, -0.15) is 0 Å². The summed E-state index contributed by atoms with van der Waals surface area (Å²) in [5.74, 6) is -1.52. The first-order valence-corrected chi connectivity index (χ1v) is 12.4. The molecule has 2 fully saturated rings. The van der Waals surface area contributed by atoms with E-state index in [1.165, 1.54) is 0 Å². The first-order valence-electron chi connectivity index (χ1n) is 12.4. The van der Waals surface area contributed by atoms with Crippen molar-refractivity contribution in [3.63, 3.8) is 0 Å². The van der Waals surface area contributed by atoms with Crippen molar-refractivity contribution < 1.29 is 24.2 Å². The second-order valence-corrected chi connectivity index (χ2v) is 10.4. The molecule has 2 N–H and O–H groups in total. The molecule has 2 unspecified atom stereocenters. The van der Waals surface area contributed by atoms with Gasteiger partial charge in [0.05, 0.1) is 5.92 Å². The van der Waals surface area contributed by atoms with Gasteiger partial charge in [0.1, 0.15) is 17.1 Å². The van der Waals surface area contributed by atoms with Crippen LogP contribution in [-0.2, 0) is 9.53 Å². The molecule has 0 radical (unpaired) electrons. The summed E-state index contributed by atoms with van der Waals surface area (Å²) < 4.78 is 5.50. The number of aliphatic carboxylic acids is 1. The van der Waals surface area contributed by atoms with Crippen LogP contribution in [-0.4, -0.2) is 64.7 Å². The lowest BCUT2D eigenvalue weighted by Gasteiger charge is -2.37. The number of ether oxygens (including phenoxy) is 1. The Hall–Kier alpha value is -3.62. The minimum atomic E-state index is -0.902. The van der Waals surface area contributed by atoms with Gasteiger partial charge in [-0.25, -0.2) is 9.78 Å². The fourth-order valence-electron chi connectivity index (χ4n) is 4.79. The SMILES string of the molecule is CC(C)(C)OC(=O)N1CCC(C(=O)O)C(c2cccc(NC(=O)c3cccc(N4CCCC4)n3)c2)C1. The van der Waals surface area contributed by atoms with Crippen LogP contribution in [0.4, 0.5) is 16.3 Å².